The third-order valence-electron chi connectivity index (χ3n) is 6.98. The average Bonchev–Trinajstić information content (AvgIpc) is 3.38. The van der Waals surface area contributed by atoms with Gasteiger partial charge in [0.25, 0.3) is 0 Å². The SMILES string of the molecule is C[C@H](Cn1cnc2c(N)ncnc21)OCP(=O)(O)OCCCSCCCCCCCCCCCCc1ccccc1. The molecule has 3 rings (SSSR count). The van der Waals surface area contributed by atoms with Gasteiger partial charge in [0.1, 0.15) is 18.2 Å². The van der Waals surface area contributed by atoms with Crippen LogP contribution in [0.25, 0.3) is 11.2 Å². The predicted octanol–water partition coefficient (Wildman–Crippen LogP) is 7.24. The number of aryl methyl sites for hydroxylation is 1. The largest absolute Gasteiger partial charge is 0.382 e. The molecule has 0 aliphatic carbocycles. The smallest absolute Gasteiger partial charge is 0.353 e. The van der Waals surface area contributed by atoms with Gasteiger partial charge in [0.2, 0.25) is 0 Å². The van der Waals surface area contributed by atoms with Crippen LogP contribution in [0.4, 0.5) is 5.82 Å². The van der Waals surface area contributed by atoms with Crippen LogP contribution in [0, 0.1) is 0 Å². The lowest BCUT2D eigenvalue weighted by molar-refractivity contribution is 0.0718. The maximum atomic E-state index is 12.3. The van der Waals surface area contributed by atoms with E-state index < -0.39 is 7.60 Å². The van der Waals surface area contributed by atoms with Crippen LogP contribution in [0.3, 0.4) is 0 Å². The number of hydrogen-bond acceptors (Lipinski definition) is 8. The van der Waals surface area contributed by atoms with Gasteiger partial charge >= 0.3 is 7.60 Å². The van der Waals surface area contributed by atoms with Crippen molar-refractivity contribution in [2.24, 2.45) is 0 Å². The lowest BCUT2D eigenvalue weighted by atomic mass is 10.0. The zero-order valence-corrected chi connectivity index (χ0v) is 26.2. The van der Waals surface area contributed by atoms with E-state index >= 15 is 0 Å². The summed E-state index contributed by atoms with van der Waals surface area (Å²) in [6, 6.07) is 10.8. The molecule has 3 aromatic rings. The number of ether oxygens (including phenoxy) is 1. The molecule has 41 heavy (non-hydrogen) atoms. The number of anilines is 1. The summed E-state index contributed by atoms with van der Waals surface area (Å²) in [7, 11) is -3.80. The topological polar surface area (TPSA) is 125 Å². The summed E-state index contributed by atoms with van der Waals surface area (Å²) in [6.07, 6.45) is 17.6. The molecule has 11 heteroatoms. The highest BCUT2D eigenvalue weighted by molar-refractivity contribution is 7.99. The number of fused-ring (bicyclic) bond motifs is 1. The predicted molar refractivity (Wildman–Crippen MR) is 169 cm³/mol. The molecule has 0 fully saturated rings. The molecular formula is C30H48N5O4PS. The number of unbranched alkanes of at least 4 members (excludes halogenated alkanes) is 9. The summed E-state index contributed by atoms with van der Waals surface area (Å²) in [6.45, 7) is 2.49. The van der Waals surface area contributed by atoms with E-state index in [1.807, 2.05) is 18.7 Å². The number of hydrogen-bond donors (Lipinski definition) is 2. The minimum Gasteiger partial charge on any atom is -0.382 e. The van der Waals surface area contributed by atoms with Gasteiger partial charge in [-0.15, -0.1) is 0 Å². The van der Waals surface area contributed by atoms with E-state index in [4.69, 9.17) is 15.0 Å². The van der Waals surface area contributed by atoms with Gasteiger partial charge in [0, 0.05) is 0 Å². The molecule has 228 valence electrons. The van der Waals surface area contributed by atoms with Gasteiger partial charge in [-0.3, -0.25) is 4.57 Å². The third kappa shape index (κ3) is 13.7. The Hall–Kier alpha value is -1.97. The number of nitrogen functional groups attached to an aromatic ring is 1. The molecular weight excluding hydrogens is 557 g/mol. The number of imidazole rings is 1. The highest BCUT2D eigenvalue weighted by Gasteiger charge is 2.21. The van der Waals surface area contributed by atoms with Crippen molar-refractivity contribution in [2.45, 2.75) is 96.6 Å². The number of aromatic nitrogens is 4. The minimum absolute atomic E-state index is 0.257. The van der Waals surface area contributed by atoms with Crippen LogP contribution in [-0.4, -0.2) is 55.0 Å². The fourth-order valence-corrected chi connectivity index (χ4v) is 6.55. The molecule has 2 aromatic heterocycles. The van der Waals surface area contributed by atoms with Gasteiger partial charge in [-0.1, -0.05) is 81.7 Å². The normalized spacial score (nSPS) is 13.9. The maximum absolute atomic E-state index is 12.3. The first kappa shape index (κ1) is 33.5. The maximum Gasteiger partial charge on any atom is 0.353 e. The number of nitrogens with two attached hydrogens (primary N) is 1. The fourth-order valence-electron chi connectivity index (χ4n) is 4.68. The van der Waals surface area contributed by atoms with E-state index in [9.17, 15) is 9.46 Å². The Morgan fingerprint density at radius 1 is 0.927 bits per heavy atom. The number of nitrogens with zero attached hydrogens (tertiary/aromatic N) is 4. The Labute approximate surface area is 249 Å². The van der Waals surface area contributed by atoms with Crippen molar-refractivity contribution in [1.82, 2.24) is 19.5 Å². The molecule has 0 saturated heterocycles. The van der Waals surface area contributed by atoms with Crippen molar-refractivity contribution in [3.63, 3.8) is 0 Å². The summed E-state index contributed by atoms with van der Waals surface area (Å²) in [5, 5.41) is 0. The minimum atomic E-state index is -3.80. The first-order chi connectivity index (χ1) is 19.9. The van der Waals surface area contributed by atoms with E-state index in [0.717, 1.165) is 17.9 Å². The highest BCUT2D eigenvalue weighted by atomic mass is 32.2. The summed E-state index contributed by atoms with van der Waals surface area (Å²) >= 11 is 1.89. The zero-order chi connectivity index (χ0) is 29.2. The van der Waals surface area contributed by atoms with E-state index in [-0.39, 0.29) is 19.1 Å². The molecule has 0 aliphatic heterocycles. The van der Waals surface area contributed by atoms with Gasteiger partial charge in [0.15, 0.2) is 11.5 Å². The van der Waals surface area contributed by atoms with Crippen molar-refractivity contribution < 1.29 is 18.7 Å². The van der Waals surface area contributed by atoms with Crippen LogP contribution in [-0.2, 0) is 26.8 Å². The average molecular weight is 606 g/mol. The zero-order valence-electron chi connectivity index (χ0n) is 24.5. The number of thioether (sulfide) groups is 1. The second kappa shape index (κ2) is 19.3. The van der Waals surface area contributed by atoms with Gasteiger partial charge in [0.05, 0.1) is 25.6 Å². The Kier molecular flexibility index (Phi) is 15.8. The molecule has 0 aliphatic rings. The molecule has 9 nitrogen and oxygen atoms in total. The van der Waals surface area contributed by atoms with Crippen LogP contribution in [0.2, 0.25) is 0 Å². The van der Waals surface area contributed by atoms with E-state index in [2.05, 4.69) is 45.3 Å². The summed E-state index contributed by atoms with van der Waals surface area (Å²) < 4.78 is 24.9. The van der Waals surface area contributed by atoms with Crippen LogP contribution in [0.5, 0.6) is 0 Å². The summed E-state index contributed by atoms with van der Waals surface area (Å²) in [4.78, 5) is 22.4. The molecule has 3 N–H and O–H groups in total. The van der Waals surface area contributed by atoms with Crippen LogP contribution in [0.15, 0.2) is 43.0 Å². The van der Waals surface area contributed by atoms with Crippen LogP contribution < -0.4 is 5.73 Å². The molecule has 1 unspecified atom stereocenters. The molecule has 0 spiro atoms. The van der Waals surface area contributed by atoms with E-state index in [0.29, 0.717) is 23.5 Å². The lowest BCUT2D eigenvalue weighted by Crippen LogP contribution is -2.17. The Morgan fingerprint density at radius 3 is 2.32 bits per heavy atom. The van der Waals surface area contributed by atoms with Crippen molar-refractivity contribution in [1.29, 1.82) is 0 Å². The molecule has 0 amide bonds. The third-order valence-corrected chi connectivity index (χ3v) is 9.19. The van der Waals surface area contributed by atoms with Crippen molar-refractivity contribution in [2.75, 3.05) is 30.2 Å². The summed E-state index contributed by atoms with van der Waals surface area (Å²) in [5.74, 6) is 2.38. The Balaban J connectivity index is 1.08. The molecule has 0 saturated carbocycles. The van der Waals surface area contributed by atoms with Gasteiger partial charge < -0.3 is 24.5 Å². The second-order valence-corrected chi connectivity index (χ2v) is 13.7. The molecule has 0 radical (unpaired) electrons. The van der Waals surface area contributed by atoms with Crippen LogP contribution >= 0.6 is 19.4 Å². The Morgan fingerprint density at radius 2 is 1.59 bits per heavy atom. The monoisotopic (exact) mass is 605 g/mol. The summed E-state index contributed by atoms with van der Waals surface area (Å²) in [5.41, 5.74) is 8.41. The van der Waals surface area contributed by atoms with Gasteiger partial charge in [-0.25, -0.2) is 15.0 Å². The lowest BCUT2D eigenvalue weighted by Gasteiger charge is -2.17. The molecule has 2 atom stereocenters. The standard InChI is InChI=1S/C30H48N5O4PS/c1-26(22-35-24-34-28-29(31)32-23-33-30(28)35)38-25-40(36,37)39-19-15-21-41-20-14-9-7-5-3-2-4-6-8-11-16-27-17-12-10-13-18-27/h10,12-13,17-18,23-24,26H,2-9,11,14-16,19-22,25H2,1H3,(H,36,37)(H2,31,32,33)/t26-/m1/s1. The van der Waals surface area contributed by atoms with E-state index in [1.165, 1.54) is 82.5 Å². The van der Waals surface area contributed by atoms with Crippen LogP contribution in [0.1, 0.15) is 83.1 Å². The van der Waals surface area contributed by atoms with Gasteiger partial charge in [-0.05, 0) is 49.7 Å². The second-order valence-electron chi connectivity index (χ2n) is 10.6. The Bertz CT molecular complexity index is 1170. The number of rotatable bonds is 23. The first-order valence-corrected chi connectivity index (χ1v) is 18.0. The van der Waals surface area contributed by atoms with Crippen molar-refractivity contribution in [3.8, 4) is 0 Å². The molecule has 2 heterocycles. The van der Waals surface area contributed by atoms with E-state index in [1.54, 1.807) is 10.9 Å². The molecule has 1 aromatic carbocycles. The number of benzene rings is 1. The quantitative estimate of drug-likeness (QED) is 0.0850. The first-order valence-electron chi connectivity index (χ1n) is 15.1. The fraction of sp³-hybridized carbons (Fsp3) is 0.633. The van der Waals surface area contributed by atoms with Crippen molar-refractivity contribution >= 4 is 36.3 Å². The highest BCUT2D eigenvalue weighted by Crippen LogP contribution is 2.42. The van der Waals surface area contributed by atoms with Crippen molar-refractivity contribution in [3.05, 3.63) is 48.5 Å². The molecule has 0 bridgehead atoms. The van der Waals surface area contributed by atoms with Gasteiger partial charge in [-0.2, -0.15) is 11.8 Å².